The van der Waals surface area contributed by atoms with E-state index in [4.69, 9.17) is 5.11 Å². The summed E-state index contributed by atoms with van der Waals surface area (Å²) in [6.07, 6.45) is -3.47. The van der Waals surface area contributed by atoms with E-state index in [-0.39, 0.29) is 5.69 Å². The Balaban J connectivity index is 3.24. The molecule has 0 amide bonds. The fourth-order valence-corrected chi connectivity index (χ4v) is 1.44. The van der Waals surface area contributed by atoms with Crippen molar-refractivity contribution in [1.29, 1.82) is 0 Å². The molecule has 0 aliphatic rings. The van der Waals surface area contributed by atoms with Gasteiger partial charge in [0.15, 0.2) is 6.61 Å². The summed E-state index contributed by atoms with van der Waals surface area (Å²) in [7, 11) is 0. The van der Waals surface area contributed by atoms with Crippen LogP contribution in [0.1, 0.15) is 31.0 Å². The van der Waals surface area contributed by atoms with Crippen molar-refractivity contribution in [2.75, 3.05) is 6.61 Å². The second-order valence-corrected chi connectivity index (χ2v) is 3.90. The van der Waals surface area contributed by atoms with E-state index in [9.17, 15) is 18.0 Å². The lowest BCUT2D eigenvalue weighted by Crippen LogP contribution is -2.17. The van der Waals surface area contributed by atoms with Crippen LogP contribution >= 0.6 is 0 Å². The van der Waals surface area contributed by atoms with Crippen LogP contribution in [0.15, 0.2) is 12.3 Å². The van der Waals surface area contributed by atoms with Gasteiger partial charge in [0.2, 0.25) is 0 Å². The van der Waals surface area contributed by atoms with Crippen molar-refractivity contribution in [3.05, 3.63) is 23.5 Å². The van der Waals surface area contributed by atoms with E-state index in [1.165, 1.54) is 6.20 Å². The van der Waals surface area contributed by atoms with Crippen LogP contribution < -0.4 is 4.74 Å². The Kier molecular flexibility index (Phi) is 4.15. The topological polar surface area (TPSA) is 59.4 Å². The van der Waals surface area contributed by atoms with E-state index >= 15 is 0 Å². The zero-order valence-electron chi connectivity index (χ0n) is 9.78. The second kappa shape index (κ2) is 5.24. The highest BCUT2D eigenvalue weighted by Crippen LogP contribution is 2.40. The molecule has 1 N–H and O–H groups in total. The van der Waals surface area contributed by atoms with Crippen LogP contribution in [-0.4, -0.2) is 22.7 Å². The van der Waals surface area contributed by atoms with E-state index in [1.54, 1.807) is 13.8 Å². The Morgan fingerprint density at radius 1 is 1.50 bits per heavy atom. The number of hydrogen-bond acceptors (Lipinski definition) is 3. The Labute approximate surface area is 101 Å². The van der Waals surface area contributed by atoms with Gasteiger partial charge in [0.1, 0.15) is 11.3 Å². The molecule has 1 aromatic heterocycles. The number of rotatable bonds is 4. The Morgan fingerprint density at radius 3 is 2.56 bits per heavy atom. The summed E-state index contributed by atoms with van der Waals surface area (Å²) in [6, 6.07) is 1.01. The predicted molar refractivity (Wildman–Crippen MR) is 56.5 cm³/mol. The molecule has 0 unspecified atom stereocenters. The third-order valence-electron chi connectivity index (χ3n) is 2.12. The van der Waals surface area contributed by atoms with Gasteiger partial charge in [0, 0.05) is 6.20 Å². The van der Waals surface area contributed by atoms with E-state index in [0.29, 0.717) is 0 Å². The minimum absolute atomic E-state index is 0.162. The highest BCUT2D eigenvalue weighted by Gasteiger charge is 2.38. The summed E-state index contributed by atoms with van der Waals surface area (Å²) in [5.74, 6) is -2.30. The molecular weight excluding hydrogens is 251 g/mol. The summed E-state index contributed by atoms with van der Waals surface area (Å²) in [5, 5.41) is 8.43. The molecule has 1 heterocycles. The largest absolute Gasteiger partial charge is 0.481 e. The lowest BCUT2D eigenvalue weighted by atomic mass is 10.0. The SMILES string of the molecule is CC(C)c1nccc(OCC(=O)O)c1C(F)(F)F. The summed E-state index contributed by atoms with van der Waals surface area (Å²) in [6.45, 7) is 2.31. The third-order valence-corrected chi connectivity index (χ3v) is 2.12. The van der Waals surface area contributed by atoms with Crippen LogP contribution in [0.5, 0.6) is 5.75 Å². The number of aromatic nitrogens is 1. The zero-order chi connectivity index (χ0) is 13.9. The van der Waals surface area contributed by atoms with Crippen molar-refractivity contribution in [2.45, 2.75) is 25.9 Å². The first-order chi connectivity index (χ1) is 8.23. The molecule has 1 aromatic rings. The number of carboxylic acids is 1. The smallest absolute Gasteiger partial charge is 0.421 e. The van der Waals surface area contributed by atoms with Gasteiger partial charge >= 0.3 is 12.1 Å². The van der Waals surface area contributed by atoms with Crippen molar-refractivity contribution in [2.24, 2.45) is 0 Å². The van der Waals surface area contributed by atoms with Gasteiger partial charge in [-0.2, -0.15) is 13.2 Å². The van der Waals surface area contributed by atoms with Crippen LogP contribution in [0.3, 0.4) is 0 Å². The van der Waals surface area contributed by atoms with E-state index in [0.717, 1.165) is 6.07 Å². The maximum Gasteiger partial charge on any atom is 0.421 e. The molecule has 0 saturated carbocycles. The van der Waals surface area contributed by atoms with Gasteiger partial charge in [-0.05, 0) is 12.0 Å². The summed E-state index contributed by atoms with van der Waals surface area (Å²) in [4.78, 5) is 14.0. The molecule has 0 aliphatic carbocycles. The number of aliphatic carboxylic acids is 1. The number of carboxylic acid groups (broad SMARTS) is 1. The molecule has 100 valence electrons. The number of carbonyl (C=O) groups is 1. The number of pyridine rings is 1. The molecule has 0 aliphatic heterocycles. The quantitative estimate of drug-likeness (QED) is 0.907. The fraction of sp³-hybridized carbons (Fsp3) is 0.455. The van der Waals surface area contributed by atoms with Gasteiger partial charge < -0.3 is 9.84 Å². The molecule has 0 aromatic carbocycles. The summed E-state index contributed by atoms with van der Waals surface area (Å²) in [5.41, 5.74) is -1.17. The molecular formula is C11H12F3NO3. The molecule has 4 nitrogen and oxygen atoms in total. The lowest BCUT2D eigenvalue weighted by Gasteiger charge is -2.18. The van der Waals surface area contributed by atoms with Gasteiger partial charge in [-0.1, -0.05) is 13.8 Å². The minimum Gasteiger partial charge on any atom is -0.481 e. The van der Waals surface area contributed by atoms with Crippen molar-refractivity contribution in [3.63, 3.8) is 0 Å². The van der Waals surface area contributed by atoms with Gasteiger partial charge in [-0.15, -0.1) is 0 Å². The average Bonchev–Trinajstić information content (AvgIpc) is 2.24. The molecule has 0 spiro atoms. The van der Waals surface area contributed by atoms with Gasteiger partial charge in [0.25, 0.3) is 0 Å². The first-order valence-electron chi connectivity index (χ1n) is 5.14. The van der Waals surface area contributed by atoms with Crippen LogP contribution in [0.4, 0.5) is 13.2 Å². The average molecular weight is 263 g/mol. The highest BCUT2D eigenvalue weighted by molar-refractivity contribution is 5.68. The van der Waals surface area contributed by atoms with Crippen molar-refractivity contribution in [1.82, 2.24) is 4.98 Å². The van der Waals surface area contributed by atoms with Crippen LogP contribution in [0.25, 0.3) is 0 Å². The van der Waals surface area contributed by atoms with E-state index < -0.39 is 36.0 Å². The fourth-order valence-electron chi connectivity index (χ4n) is 1.44. The number of alkyl halides is 3. The molecule has 0 atom stereocenters. The van der Waals surface area contributed by atoms with E-state index in [1.807, 2.05) is 0 Å². The molecule has 0 radical (unpaired) electrons. The zero-order valence-corrected chi connectivity index (χ0v) is 9.78. The van der Waals surface area contributed by atoms with Gasteiger partial charge in [-0.25, -0.2) is 4.79 Å². The van der Waals surface area contributed by atoms with Crippen molar-refractivity contribution in [3.8, 4) is 5.75 Å². The maximum atomic E-state index is 12.9. The second-order valence-electron chi connectivity index (χ2n) is 3.90. The normalized spacial score (nSPS) is 11.7. The van der Waals surface area contributed by atoms with Crippen molar-refractivity contribution >= 4 is 5.97 Å². The first kappa shape index (κ1) is 14.3. The first-order valence-corrected chi connectivity index (χ1v) is 5.14. The Hall–Kier alpha value is -1.79. The Bertz CT molecular complexity index is 444. The van der Waals surface area contributed by atoms with Crippen LogP contribution in [0.2, 0.25) is 0 Å². The predicted octanol–water partition coefficient (Wildman–Crippen LogP) is 2.69. The molecule has 7 heteroatoms. The number of nitrogens with zero attached hydrogens (tertiary/aromatic N) is 1. The minimum atomic E-state index is -4.64. The molecule has 0 saturated heterocycles. The molecule has 0 fully saturated rings. The molecule has 0 bridgehead atoms. The number of hydrogen-bond donors (Lipinski definition) is 1. The number of ether oxygens (including phenoxy) is 1. The van der Waals surface area contributed by atoms with E-state index in [2.05, 4.69) is 9.72 Å². The lowest BCUT2D eigenvalue weighted by molar-refractivity contribution is -0.144. The summed E-state index contributed by atoms with van der Waals surface area (Å²) >= 11 is 0. The van der Waals surface area contributed by atoms with Gasteiger partial charge in [0.05, 0.1) is 5.69 Å². The number of halogens is 3. The van der Waals surface area contributed by atoms with Crippen molar-refractivity contribution < 1.29 is 27.8 Å². The molecule has 1 rings (SSSR count). The summed E-state index contributed by atoms with van der Waals surface area (Å²) < 4.78 is 43.4. The standard InChI is InChI=1S/C11H12F3NO3/c1-6(2)10-9(11(12,13)14)7(3-4-15-10)18-5-8(16)17/h3-4,6H,5H2,1-2H3,(H,16,17). The Morgan fingerprint density at radius 2 is 2.11 bits per heavy atom. The maximum absolute atomic E-state index is 12.9. The molecule has 18 heavy (non-hydrogen) atoms. The van der Waals surface area contributed by atoms with Crippen LogP contribution in [0, 0.1) is 0 Å². The van der Waals surface area contributed by atoms with Gasteiger partial charge in [-0.3, -0.25) is 4.98 Å². The van der Waals surface area contributed by atoms with Crippen LogP contribution in [-0.2, 0) is 11.0 Å². The third kappa shape index (κ3) is 3.35. The highest BCUT2D eigenvalue weighted by atomic mass is 19.4. The monoisotopic (exact) mass is 263 g/mol.